The molecule has 1 amide bonds. The minimum atomic E-state index is -0.841. The van der Waals surface area contributed by atoms with E-state index in [0.29, 0.717) is 0 Å². The highest BCUT2D eigenvalue weighted by molar-refractivity contribution is 8.00. The van der Waals surface area contributed by atoms with E-state index >= 15 is 0 Å². The average Bonchev–Trinajstić information content (AvgIpc) is 2.29. The number of carboxylic acid groups (broad SMARTS) is 1. The fraction of sp³-hybridized carbons (Fsp3) is 0.385. The number of carboxylic acids is 1. The number of hydrogen-bond acceptors (Lipinski definition) is 3. The number of hydrogen-bond donors (Lipinski definition) is 1. The maximum atomic E-state index is 11.7. The summed E-state index contributed by atoms with van der Waals surface area (Å²) in [4.78, 5) is 24.8. The van der Waals surface area contributed by atoms with Crippen LogP contribution in [0.5, 0.6) is 0 Å². The highest BCUT2D eigenvalue weighted by Crippen LogP contribution is 2.24. The van der Waals surface area contributed by atoms with Crippen molar-refractivity contribution in [2.75, 3.05) is 14.1 Å². The first-order valence-corrected chi connectivity index (χ1v) is 6.46. The molecule has 98 valence electrons. The van der Waals surface area contributed by atoms with Crippen molar-refractivity contribution in [3.8, 4) is 0 Å². The molecule has 1 atom stereocenters. The summed E-state index contributed by atoms with van der Waals surface area (Å²) in [6.07, 6.45) is 0.0249. The van der Waals surface area contributed by atoms with Gasteiger partial charge in [-0.05, 0) is 24.6 Å². The standard InChI is InChI=1S/C13H17NO3S/c1-9(13(17)14(2)3)18-11-6-4-10(5-7-11)8-12(15)16/h4-7,9H,8H2,1-3H3,(H,15,16). The number of nitrogens with zero attached hydrogens (tertiary/aromatic N) is 1. The smallest absolute Gasteiger partial charge is 0.307 e. The zero-order valence-electron chi connectivity index (χ0n) is 10.7. The average molecular weight is 267 g/mol. The zero-order chi connectivity index (χ0) is 13.7. The summed E-state index contributed by atoms with van der Waals surface area (Å²) in [5.41, 5.74) is 0.762. The first-order chi connectivity index (χ1) is 8.40. The number of benzene rings is 1. The van der Waals surface area contributed by atoms with E-state index in [1.54, 1.807) is 31.1 Å². The Morgan fingerprint density at radius 2 is 1.83 bits per heavy atom. The second-order valence-corrected chi connectivity index (χ2v) is 5.62. The minimum Gasteiger partial charge on any atom is -0.481 e. The Labute approximate surface area is 111 Å². The molecule has 0 fully saturated rings. The normalized spacial score (nSPS) is 11.9. The monoisotopic (exact) mass is 267 g/mol. The van der Waals surface area contributed by atoms with E-state index in [1.807, 2.05) is 19.1 Å². The van der Waals surface area contributed by atoms with Crippen molar-refractivity contribution in [1.29, 1.82) is 0 Å². The molecule has 0 aliphatic rings. The lowest BCUT2D eigenvalue weighted by atomic mass is 10.2. The highest BCUT2D eigenvalue weighted by Gasteiger charge is 2.15. The molecule has 0 spiro atoms. The number of amides is 1. The number of rotatable bonds is 5. The predicted molar refractivity (Wildman–Crippen MR) is 71.8 cm³/mol. The van der Waals surface area contributed by atoms with Crippen molar-refractivity contribution in [2.24, 2.45) is 0 Å². The third-order valence-corrected chi connectivity index (χ3v) is 3.48. The molecule has 4 nitrogen and oxygen atoms in total. The molecule has 1 N–H and O–H groups in total. The second-order valence-electron chi connectivity index (χ2n) is 4.21. The molecule has 18 heavy (non-hydrogen) atoms. The van der Waals surface area contributed by atoms with Gasteiger partial charge in [-0.3, -0.25) is 9.59 Å². The van der Waals surface area contributed by atoms with Crippen LogP contribution in [0.3, 0.4) is 0 Å². The van der Waals surface area contributed by atoms with Gasteiger partial charge in [-0.2, -0.15) is 0 Å². The van der Waals surface area contributed by atoms with Crippen LogP contribution in [0.25, 0.3) is 0 Å². The lowest BCUT2D eigenvalue weighted by Gasteiger charge is -2.16. The van der Waals surface area contributed by atoms with Crippen molar-refractivity contribution in [3.05, 3.63) is 29.8 Å². The van der Waals surface area contributed by atoms with Crippen LogP contribution in [0.2, 0.25) is 0 Å². The zero-order valence-corrected chi connectivity index (χ0v) is 11.5. The van der Waals surface area contributed by atoms with E-state index in [9.17, 15) is 9.59 Å². The molecular weight excluding hydrogens is 250 g/mol. The summed E-state index contributed by atoms with van der Waals surface area (Å²) < 4.78 is 0. The van der Waals surface area contributed by atoms with Gasteiger partial charge in [0.15, 0.2) is 0 Å². The van der Waals surface area contributed by atoms with Gasteiger partial charge in [-0.1, -0.05) is 12.1 Å². The Kier molecular flexibility index (Phi) is 5.22. The molecule has 5 heteroatoms. The van der Waals surface area contributed by atoms with Crippen LogP contribution < -0.4 is 0 Å². The van der Waals surface area contributed by atoms with Crippen LogP contribution in [0.15, 0.2) is 29.2 Å². The lowest BCUT2D eigenvalue weighted by molar-refractivity contribution is -0.136. The molecule has 1 unspecified atom stereocenters. The van der Waals surface area contributed by atoms with Crippen molar-refractivity contribution >= 4 is 23.6 Å². The fourth-order valence-corrected chi connectivity index (χ4v) is 2.49. The van der Waals surface area contributed by atoms with Gasteiger partial charge in [0.05, 0.1) is 11.7 Å². The van der Waals surface area contributed by atoms with Gasteiger partial charge in [0.1, 0.15) is 0 Å². The Balaban J connectivity index is 2.63. The molecule has 1 rings (SSSR count). The van der Waals surface area contributed by atoms with Crippen molar-refractivity contribution in [1.82, 2.24) is 4.90 Å². The molecule has 0 aliphatic carbocycles. The Morgan fingerprint density at radius 3 is 2.28 bits per heavy atom. The quantitative estimate of drug-likeness (QED) is 0.828. The third-order valence-electron chi connectivity index (χ3n) is 2.38. The number of thioether (sulfide) groups is 1. The van der Waals surface area contributed by atoms with E-state index in [4.69, 9.17) is 5.11 Å². The Bertz CT molecular complexity index is 428. The predicted octanol–water partition coefficient (Wildman–Crippen LogP) is 1.88. The van der Waals surface area contributed by atoms with E-state index < -0.39 is 5.97 Å². The summed E-state index contributed by atoms with van der Waals surface area (Å²) in [7, 11) is 3.46. The van der Waals surface area contributed by atoms with Crippen molar-refractivity contribution < 1.29 is 14.7 Å². The molecule has 0 radical (unpaired) electrons. The Morgan fingerprint density at radius 1 is 1.28 bits per heavy atom. The topological polar surface area (TPSA) is 57.6 Å². The molecule has 0 aromatic heterocycles. The number of aliphatic carboxylic acids is 1. The van der Waals surface area contributed by atoms with Gasteiger partial charge in [-0.15, -0.1) is 11.8 Å². The minimum absolute atomic E-state index is 0.0249. The van der Waals surface area contributed by atoms with Gasteiger partial charge >= 0.3 is 5.97 Å². The van der Waals surface area contributed by atoms with Crippen LogP contribution in [-0.2, 0) is 16.0 Å². The molecular formula is C13H17NO3S. The lowest BCUT2D eigenvalue weighted by Crippen LogP contribution is -2.29. The first-order valence-electron chi connectivity index (χ1n) is 5.58. The maximum absolute atomic E-state index is 11.7. The van der Waals surface area contributed by atoms with Crippen LogP contribution in [0.1, 0.15) is 12.5 Å². The largest absolute Gasteiger partial charge is 0.481 e. The SMILES string of the molecule is CC(Sc1ccc(CC(=O)O)cc1)C(=O)N(C)C. The Hall–Kier alpha value is -1.49. The molecule has 0 saturated heterocycles. The van der Waals surface area contributed by atoms with E-state index in [1.165, 1.54) is 11.8 Å². The van der Waals surface area contributed by atoms with E-state index in [2.05, 4.69) is 0 Å². The summed E-state index contributed by atoms with van der Waals surface area (Å²) in [6.45, 7) is 1.86. The van der Waals surface area contributed by atoms with Crippen molar-refractivity contribution in [3.63, 3.8) is 0 Å². The molecule has 1 aromatic rings. The summed E-state index contributed by atoms with van der Waals surface area (Å²) >= 11 is 1.47. The maximum Gasteiger partial charge on any atom is 0.307 e. The van der Waals surface area contributed by atoms with Gasteiger partial charge in [-0.25, -0.2) is 0 Å². The van der Waals surface area contributed by atoms with Gasteiger partial charge in [0.2, 0.25) is 5.91 Å². The third kappa shape index (κ3) is 4.41. The molecule has 0 bridgehead atoms. The fourth-order valence-electron chi connectivity index (χ4n) is 1.48. The highest BCUT2D eigenvalue weighted by atomic mass is 32.2. The van der Waals surface area contributed by atoms with Gasteiger partial charge in [0, 0.05) is 19.0 Å². The first kappa shape index (κ1) is 14.6. The van der Waals surface area contributed by atoms with Crippen LogP contribution in [0.4, 0.5) is 0 Å². The molecule has 0 heterocycles. The molecule has 0 saturated carbocycles. The second kappa shape index (κ2) is 6.44. The number of carbonyl (C=O) groups excluding carboxylic acids is 1. The van der Waals surface area contributed by atoms with Gasteiger partial charge in [0.25, 0.3) is 0 Å². The summed E-state index contributed by atoms with van der Waals surface area (Å²) in [5.74, 6) is -0.777. The van der Waals surface area contributed by atoms with Crippen LogP contribution >= 0.6 is 11.8 Å². The molecule has 1 aromatic carbocycles. The summed E-state index contributed by atoms with van der Waals surface area (Å²) in [6, 6.07) is 7.26. The van der Waals surface area contributed by atoms with Crippen molar-refractivity contribution in [2.45, 2.75) is 23.5 Å². The number of carbonyl (C=O) groups is 2. The summed E-state index contributed by atoms with van der Waals surface area (Å²) in [5, 5.41) is 8.51. The molecule has 0 aliphatic heterocycles. The van der Waals surface area contributed by atoms with Gasteiger partial charge < -0.3 is 10.0 Å². The van der Waals surface area contributed by atoms with Crippen LogP contribution in [0, 0.1) is 0 Å². The van der Waals surface area contributed by atoms with E-state index in [-0.39, 0.29) is 17.6 Å². The van der Waals surface area contributed by atoms with Crippen LogP contribution in [-0.4, -0.2) is 41.2 Å². The van der Waals surface area contributed by atoms with E-state index in [0.717, 1.165) is 10.5 Å².